The zero-order valence-corrected chi connectivity index (χ0v) is 13.5. The Morgan fingerprint density at radius 2 is 1.74 bits per heavy atom. The molecular weight excluding hydrogens is 331 g/mol. The summed E-state index contributed by atoms with van der Waals surface area (Å²) in [7, 11) is -1.92. The van der Waals surface area contributed by atoms with E-state index in [1.165, 1.54) is 19.2 Å². The standard InChI is InChI=1S/C14H20F3N3O2S/c1-18-13(20-10-8-14(15,16)17)19-9-5-11-23(21,22)12-6-3-2-4-7-12/h2-4,6-7H,5,8-11H2,1H3,(H2,18,19,20). The van der Waals surface area contributed by atoms with Crippen LogP contribution in [0.25, 0.3) is 0 Å². The second kappa shape index (κ2) is 8.76. The summed E-state index contributed by atoms with van der Waals surface area (Å²) in [6.07, 6.45) is -4.87. The number of halogens is 3. The van der Waals surface area contributed by atoms with E-state index >= 15 is 0 Å². The van der Waals surface area contributed by atoms with E-state index in [4.69, 9.17) is 0 Å². The van der Waals surface area contributed by atoms with Gasteiger partial charge in [0.2, 0.25) is 0 Å². The molecular formula is C14H20F3N3O2S. The van der Waals surface area contributed by atoms with Crippen LogP contribution in [0, 0.1) is 0 Å². The Kier molecular flexibility index (Phi) is 7.34. The Balaban J connectivity index is 2.33. The molecule has 9 heteroatoms. The average molecular weight is 351 g/mol. The van der Waals surface area contributed by atoms with E-state index in [2.05, 4.69) is 15.6 Å². The lowest BCUT2D eigenvalue weighted by molar-refractivity contribution is -0.132. The van der Waals surface area contributed by atoms with Crippen LogP contribution < -0.4 is 10.6 Å². The molecule has 0 aliphatic rings. The van der Waals surface area contributed by atoms with Crippen LogP contribution in [0.5, 0.6) is 0 Å². The SMILES string of the molecule is CN=C(NCCCS(=O)(=O)c1ccccc1)NCCC(F)(F)F. The molecule has 0 aromatic heterocycles. The molecule has 0 bridgehead atoms. The van der Waals surface area contributed by atoms with E-state index in [1.807, 2.05) is 0 Å². The molecule has 0 amide bonds. The maximum Gasteiger partial charge on any atom is 0.390 e. The average Bonchev–Trinajstić information content (AvgIpc) is 2.49. The van der Waals surface area contributed by atoms with Gasteiger partial charge in [-0.05, 0) is 18.6 Å². The Bertz CT molecular complexity index is 601. The van der Waals surface area contributed by atoms with Crippen molar-refractivity contribution < 1.29 is 21.6 Å². The van der Waals surface area contributed by atoms with Crippen LogP contribution in [0.15, 0.2) is 40.2 Å². The second-order valence-corrected chi connectivity index (χ2v) is 6.89. The Labute approximate surface area is 133 Å². The van der Waals surface area contributed by atoms with Crippen molar-refractivity contribution in [1.29, 1.82) is 0 Å². The van der Waals surface area contributed by atoms with Crippen LogP contribution >= 0.6 is 0 Å². The number of guanidine groups is 1. The minimum Gasteiger partial charge on any atom is -0.356 e. The Morgan fingerprint density at radius 3 is 2.30 bits per heavy atom. The highest BCUT2D eigenvalue weighted by atomic mass is 32.2. The van der Waals surface area contributed by atoms with Gasteiger partial charge in [0.1, 0.15) is 0 Å². The molecule has 0 radical (unpaired) electrons. The molecule has 1 aromatic rings. The lowest BCUT2D eigenvalue weighted by Crippen LogP contribution is -2.39. The molecule has 0 aliphatic carbocycles. The maximum absolute atomic E-state index is 12.0. The van der Waals surface area contributed by atoms with Crippen molar-refractivity contribution in [2.75, 3.05) is 25.9 Å². The zero-order valence-electron chi connectivity index (χ0n) is 12.7. The van der Waals surface area contributed by atoms with E-state index in [0.717, 1.165) is 0 Å². The van der Waals surface area contributed by atoms with Crippen molar-refractivity contribution in [3.05, 3.63) is 30.3 Å². The number of sulfone groups is 1. The number of hydrogen-bond acceptors (Lipinski definition) is 3. The van der Waals surface area contributed by atoms with Crippen LogP contribution in [0.4, 0.5) is 13.2 Å². The molecule has 2 N–H and O–H groups in total. The van der Waals surface area contributed by atoms with Crippen molar-refractivity contribution >= 4 is 15.8 Å². The smallest absolute Gasteiger partial charge is 0.356 e. The predicted octanol–water partition coefficient (Wildman–Crippen LogP) is 1.97. The molecule has 0 fully saturated rings. The highest BCUT2D eigenvalue weighted by Crippen LogP contribution is 2.18. The molecule has 23 heavy (non-hydrogen) atoms. The monoisotopic (exact) mass is 351 g/mol. The topological polar surface area (TPSA) is 70.6 Å². The van der Waals surface area contributed by atoms with E-state index in [0.29, 0.717) is 6.42 Å². The summed E-state index contributed by atoms with van der Waals surface area (Å²) < 4.78 is 60.2. The van der Waals surface area contributed by atoms with Gasteiger partial charge >= 0.3 is 6.18 Å². The molecule has 1 rings (SSSR count). The van der Waals surface area contributed by atoms with Gasteiger partial charge in [0.15, 0.2) is 15.8 Å². The molecule has 0 unspecified atom stereocenters. The van der Waals surface area contributed by atoms with E-state index in [9.17, 15) is 21.6 Å². The summed E-state index contributed by atoms with van der Waals surface area (Å²) in [5, 5.41) is 5.31. The summed E-state index contributed by atoms with van der Waals surface area (Å²) in [4.78, 5) is 4.03. The van der Waals surface area contributed by atoms with Crippen LogP contribution in [-0.2, 0) is 9.84 Å². The molecule has 0 heterocycles. The number of nitrogens with zero attached hydrogens (tertiary/aromatic N) is 1. The van der Waals surface area contributed by atoms with Gasteiger partial charge in [-0.3, -0.25) is 4.99 Å². The molecule has 0 saturated heterocycles. The van der Waals surface area contributed by atoms with Gasteiger partial charge in [-0.15, -0.1) is 0 Å². The summed E-state index contributed by atoms with van der Waals surface area (Å²) in [6, 6.07) is 8.09. The molecule has 130 valence electrons. The predicted molar refractivity (Wildman–Crippen MR) is 83.1 cm³/mol. The first-order chi connectivity index (χ1) is 10.7. The van der Waals surface area contributed by atoms with Crippen molar-refractivity contribution in [1.82, 2.24) is 10.6 Å². The zero-order chi connectivity index (χ0) is 17.3. The lowest BCUT2D eigenvalue weighted by atomic mass is 10.4. The normalized spacial score (nSPS) is 13.0. The number of alkyl halides is 3. The van der Waals surface area contributed by atoms with Gasteiger partial charge in [0, 0.05) is 20.1 Å². The Morgan fingerprint density at radius 1 is 1.13 bits per heavy atom. The maximum atomic E-state index is 12.0. The summed E-state index contributed by atoms with van der Waals surface area (Å²) >= 11 is 0. The van der Waals surface area contributed by atoms with Gasteiger partial charge in [0.05, 0.1) is 17.1 Å². The number of hydrogen-bond donors (Lipinski definition) is 2. The van der Waals surface area contributed by atoms with Crippen LogP contribution in [0.2, 0.25) is 0 Å². The van der Waals surface area contributed by atoms with E-state index in [1.54, 1.807) is 18.2 Å². The highest BCUT2D eigenvalue weighted by Gasteiger charge is 2.26. The van der Waals surface area contributed by atoms with Gasteiger partial charge in [-0.25, -0.2) is 8.42 Å². The van der Waals surface area contributed by atoms with Gasteiger partial charge in [0.25, 0.3) is 0 Å². The van der Waals surface area contributed by atoms with Crippen molar-refractivity contribution in [3.8, 4) is 0 Å². The molecule has 5 nitrogen and oxygen atoms in total. The molecule has 0 aliphatic heterocycles. The third-order valence-electron chi connectivity index (χ3n) is 2.91. The lowest BCUT2D eigenvalue weighted by Gasteiger charge is -2.13. The minimum atomic E-state index is -4.23. The first-order valence-electron chi connectivity index (χ1n) is 7.04. The minimum absolute atomic E-state index is 0.0520. The van der Waals surface area contributed by atoms with Gasteiger partial charge in [-0.1, -0.05) is 18.2 Å². The van der Waals surface area contributed by atoms with E-state index in [-0.39, 0.29) is 29.7 Å². The summed E-state index contributed by atoms with van der Waals surface area (Å²) in [5.41, 5.74) is 0. The number of nitrogens with one attached hydrogen (secondary N) is 2. The molecule has 1 aromatic carbocycles. The van der Waals surface area contributed by atoms with Crippen molar-refractivity contribution in [2.24, 2.45) is 4.99 Å². The van der Waals surface area contributed by atoms with Crippen molar-refractivity contribution in [3.63, 3.8) is 0 Å². The third kappa shape index (κ3) is 7.87. The van der Waals surface area contributed by atoms with Gasteiger partial charge < -0.3 is 10.6 Å². The van der Waals surface area contributed by atoms with Crippen LogP contribution in [0.1, 0.15) is 12.8 Å². The second-order valence-electron chi connectivity index (χ2n) is 4.78. The summed E-state index contributed by atoms with van der Waals surface area (Å²) in [5.74, 6) is 0.162. The first-order valence-corrected chi connectivity index (χ1v) is 8.69. The molecule has 0 spiro atoms. The molecule has 0 atom stereocenters. The van der Waals surface area contributed by atoms with Crippen LogP contribution in [0.3, 0.4) is 0 Å². The van der Waals surface area contributed by atoms with Gasteiger partial charge in [-0.2, -0.15) is 13.2 Å². The largest absolute Gasteiger partial charge is 0.390 e. The van der Waals surface area contributed by atoms with E-state index < -0.39 is 22.4 Å². The highest BCUT2D eigenvalue weighted by molar-refractivity contribution is 7.91. The number of benzene rings is 1. The van der Waals surface area contributed by atoms with Crippen LogP contribution in [-0.4, -0.2) is 46.4 Å². The number of aliphatic imine (C=N–C) groups is 1. The fourth-order valence-electron chi connectivity index (χ4n) is 1.76. The molecule has 0 saturated carbocycles. The van der Waals surface area contributed by atoms with Crippen molar-refractivity contribution in [2.45, 2.75) is 23.9 Å². The third-order valence-corrected chi connectivity index (χ3v) is 4.73. The first kappa shape index (κ1) is 19.3. The summed E-state index contributed by atoms with van der Waals surface area (Å²) in [6.45, 7) is 0.00322. The fraction of sp³-hybridized carbons (Fsp3) is 0.500. The fourth-order valence-corrected chi connectivity index (χ4v) is 3.09. The quantitative estimate of drug-likeness (QED) is 0.448. The Hall–Kier alpha value is -1.77. The number of rotatable bonds is 7.